The molecule has 0 fully saturated rings. The van der Waals surface area contributed by atoms with Gasteiger partial charge in [0.05, 0.1) is 18.4 Å². The van der Waals surface area contributed by atoms with E-state index in [4.69, 9.17) is 11.3 Å². The molecule has 0 N–H and O–H groups in total. The molecule has 1 aromatic carbocycles. The number of sulfonamides is 1. The van der Waals surface area contributed by atoms with E-state index in [9.17, 15) is 8.42 Å². The standard InChI is InChI=1S/C16H22N2O3S/c1-6-18(22(19,20)7-2)14-11-16(3,4)21-15-9-8-12(17-5)10-13(14)15/h8-10,14H,6-7,11H2,1-4H3. The highest BCUT2D eigenvalue weighted by atomic mass is 32.2. The number of rotatable bonds is 4. The lowest BCUT2D eigenvalue weighted by atomic mass is 9.89. The molecule has 1 aliphatic rings. The average Bonchev–Trinajstić information content (AvgIpc) is 2.46. The van der Waals surface area contributed by atoms with Crippen LogP contribution in [0.3, 0.4) is 0 Å². The van der Waals surface area contributed by atoms with E-state index in [-0.39, 0.29) is 11.8 Å². The summed E-state index contributed by atoms with van der Waals surface area (Å²) in [6.07, 6.45) is 0.564. The van der Waals surface area contributed by atoms with E-state index in [1.807, 2.05) is 20.8 Å². The van der Waals surface area contributed by atoms with Crippen molar-refractivity contribution < 1.29 is 13.2 Å². The second-order valence-electron chi connectivity index (χ2n) is 6.02. The van der Waals surface area contributed by atoms with Gasteiger partial charge in [0.2, 0.25) is 10.0 Å². The first kappa shape index (κ1) is 16.8. The number of nitrogens with zero attached hydrogens (tertiary/aromatic N) is 2. The highest BCUT2D eigenvalue weighted by Gasteiger charge is 2.39. The van der Waals surface area contributed by atoms with Crippen LogP contribution in [0.25, 0.3) is 4.85 Å². The minimum Gasteiger partial charge on any atom is -0.488 e. The average molecular weight is 322 g/mol. The fourth-order valence-electron chi connectivity index (χ4n) is 2.91. The zero-order chi connectivity index (χ0) is 16.5. The van der Waals surface area contributed by atoms with Crippen molar-refractivity contribution in [1.29, 1.82) is 0 Å². The molecule has 5 nitrogen and oxygen atoms in total. The molecule has 6 heteroatoms. The molecule has 0 aromatic heterocycles. The summed E-state index contributed by atoms with van der Waals surface area (Å²) in [4.78, 5) is 3.44. The molecule has 0 spiro atoms. The van der Waals surface area contributed by atoms with Gasteiger partial charge in [-0.25, -0.2) is 13.3 Å². The van der Waals surface area contributed by atoms with Gasteiger partial charge in [-0.1, -0.05) is 13.0 Å². The van der Waals surface area contributed by atoms with E-state index in [0.717, 1.165) is 5.56 Å². The molecule has 2 rings (SSSR count). The molecular formula is C16H22N2O3S. The monoisotopic (exact) mass is 322 g/mol. The molecule has 1 aliphatic heterocycles. The van der Waals surface area contributed by atoms with E-state index in [1.165, 1.54) is 4.31 Å². The SMILES string of the molecule is [C-]#[N+]c1ccc2c(c1)C(N(CC)S(=O)(=O)CC)CC(C)(C)O2. The van der Waals surface area contributed by atoms with Gasteiger partial charge in [-0.05, 0) is 32.9 Å². The van der Waals surface area contributed by atoms with Crippen LogP contribution in [0.2, 0.25) is 0 Å². The first-order valence-corrected chi connectivity index (χ1v) is 9.05. The zero-order valence-corrected chi connectivity index (χ0v) is 14.3. The van der Waals surface area contributed by atoms with Gasteiger partial charge in [0.15, 0.2) is 5.69 Å². The molecule has 0 amide bonds. The summed E-state index contributed by atoms with van der Waals surface area (Å²) in [6, 6.07) is 4.92. The van der Waals surface area contributed by atoms with Crippen LogP contribution in [0.15, 0.2) is 18.2 Å². The summed E-state index contributed by atoms with van der Waals surface area (Å²) < 4.78 is 32.4. The summed E-state index contributed by atoms with van der Waals surface area (Å²) in [5.41, 5.74) is 0.831. The van der Waals surface area contributed by atoms with E-state index < -0.39 is 15.6 Å². The molecule has 0 radical (unpaired) electrons. The highest BCUT2D eigenvalue weighted by Crippen LogP contribution is 2.44. The smallest absolute Gasteiger partial charge is 0.214 e. The van der Waals surface area contributed by atoms with Crippen LogP contribution in [-0.4, -0.2) is 30.6 Å². The molecule has 1 atom stereocenters. The predicted octanol–water partition coefficient (Wildman–Crippen LogP) is 3.51. The molecule has 0 saturated carbocycles. The van der Waals surface area contributed by atoms with Crippen molar-refractivity contribution in [3.63, 3.8) is 0 Å². The minimum atomic E-state index is -3.32. The third kappa shape index (κ3) is 3.11. The van der Waals surface area contributed by atoms with E-state index in [2.05, 4.69) is 4.85 Å². The van der Waals surface area contributed by atoms with Crippen LogP contribution in [0, 0.1) is 6.57 Å². The van der Waals surface area contributed by atoms with Gasteiger partial charge in [0, 0.05) is 18.5 Å². The van der Waals surface area contributed by atoms with E-state index in [1.54, 1.807) is 25.1 Å². The maximum Gasteiger partial charge on any atom is 0.214 e. The minimum absolute atomic E-state index is 0.0659. The Labute approximate surface area is 132 Å². The van der Waals surface area contributed by atoms with Crippen LogP contribution in [0.1, 0.15) is 45.7 Å². The summed E-state index contributed by atoms with van der Waals surface area (Å²) >= 11 is 0. The summed E-state index contributed by atoms with van der Waals surface area (Å²) in [5.74, 6) is 0.731. The maximum atomic E-state index is 12.4. The summed E-state index contributed by atoms with van der Waals surface area (Å²) in [6.45, 7) is 15.0. The van der Waals surface area contributed by atoms with Gasteiger partial charge in [-0.2, -0.15) is 4.31 Å². The van der Waals surface area contributed by atoms with Gasteiger partial charge in [0.25, 0.3) is 0 Å². The van der Waals surface area contributed by atoms with Crippen molar-refractivity contribution in [3.8, 4) is 5.75 Å². The van der Waals surface area contributed by atoms with Crippen molar-refractivity contribution in [3.05, 3.63) is 35.2 Å². The zero-order valence-electron chi connectivity index (χ0n) is 13.5. The molecule has 1 unspecified atom stereocenters. The maximum absolute atomic E-state index is 12.4. The number of hydrogen-bond donors (Lipinski definition) is 0. The Bertz CT molecular complexity index is 705. The van der Waals surface area contributed by atoms with Crippen LogP contribution in [0.4, 0.5) is 5.69 Å². The topological polar surface area (TPSA) is 51.0 Å². The Balaban J connectivity index is 2.58. The molecule has 120 valence electrons. The normalized spacial score (nSPS) is 20.1. The lowest BCUT2D eigenvalue weighted by molar-refractivity contribution is 0.0512. The van der Waals surface area contributed by atoms with E-state index >= 15 is 0 Å². The van der Waals surface area contributed by atoms with Gasteiger partial charge in [-0.3, -0.25) is 0 Å². The molecule has 1 aromatic rings. The number of hydrogen-bond acceptors (Lipinski definition) is 3. The molecule has 22 heavy (non-hydrogen) atoms. The van der Waals surface area contributed by atoms with Crippen molar-refractivity contribution in [2.24, 2.45) is 0 Å². The third-order valence-corrected chi connectivity index (χ3v) is 5.89. The molecule has 0 bridgehead atoms. The number of benzene rings is 1. The van der Waals surface area contributed by atoms with Crippen molar-refractivity contribution in [2.75, 3.05) is 12.3 Å². The Morgan fingerprint density at radius 3 is 2.64 bits per heavy atom. The Kier molecular flexibility index (Phi) is 4.50. The van der Waals surface area contributed by atoms with Gasteiger partial charge in [-0.15, -0.1) is 0 Å². The Hall–Kier alpha value is -1.58. The lowest BCUT2D eigenvalue weighted by Crippen LogP contribution is -2.44. The fraction of sp³-hybridized carbons (Fsp3) is 0.562. The number of ether oxygens (including phenoxy) is 1. The second kappa shape index (κ2) is 5.90. The van der Waals surface area contributed by atoms with Crippen molar-refractivity contribution in [2.45, 2.75) is 45.8 Å². The molecule has 1 heterocycles. The van der Waals surface area contributed by atoms with Gasteiger partial charge in [0.1, 0.15) is 11.4 Å². The summed E-state index contributed by atoms with van der Waals surface area (Å²) in [5, 5.41) is 0. The Morgan fingerprint density at radius 2 is 2.09 bits per heavy atom. The fourth-order valence-corrected chi connectivity index (χ4v) is 4.21. The first-order valence-electron chi connectivity index (χ1n) is 7.44. The third-order valence-electron chi connectivity index (χ3n) is 3.93. The van der Waals surface area contributed by atoms with Crippen molar-refractivity contribution >= 4 is 15.7 Å². The van der Waals surface area contributed by atoms with Crippen LogP contribution in [0.5, 0.6) is 5.75 Å². The van der Waals surface area contributed by atoms with Crippen molar-refractivity contribution in [1.82, 2.24) is 4.31 Å². The van der Waals surface area contributed by atoms with Gasteiger partial charge >= 0.3 is 0 Å². The van der Waals surface area contributed by atoms with Crippen LogP contribution in [-0.2, 0) is 10.0 Å². The van der Waals surface area contributed by atoms with Crippen LogP contribution >= 0.6 is 0 Å². The number of fused-ring (bicyclic) bond motifs is 1. The van der Waals surface area contributed by atoms with Gasteiger partial charge < -0.3 is 4.74 Å². The quantitative estimate of drug-likeness (QED) is 0.797. The van der Waals surface area contributed by atoms with Crippen LogP contribution < -0.4 is 4.74 Å². The lowest BCUT2D eigenvalue weighted by Gasteiger charge is -2.41. The van der Waals surface area contributed by atoms with E-state index in [0.29, 0.717) is 24.4 Å². The largest absolute Gasteiger partial charge is 0.488 e. The highest BCUT2D eigenvalue weighted by molar-refractivity contribution is 7.89. The Morgan fingerprint density at radius 1 is 1.41 bits per heavy atom. The predicted molar refractivity (Wildman–Crippen MR) is 86.6 cm³/mol. The first-order chi connectivity index (χ1) is 10.2. The second-order valence-corrected chi connectivity index (χ2v) is 8.23. The molecule has 0 saturated heterocycles. The summed E-state index contributed by atoms with van der Waals surface area (Å²) in [7, 11) is -3.32. The molecular weight excluding hydrogens is 300 g/mol. The molecule has 0 aliphatic carbocycles.